The molecule has 11 nitrogen and oxygen atoms in total. The number of carbonyl (C=O) groups excluding carboxylic acids is 1. The normalized spacial score (nSPS) is 35.7. The molecule has 1 saturated heterocycles. The molecular weight excluding hydrogens is 567 g/mol. The largest absolute Gasteiger partial charge is 0.382 e. The Kier molecular flexibility index (Phi) is 14.0. The fourth-order valence-corrected chi connectivity index (χ4v) is 8.68. The van der Waals surface area contributed by atoms with E-state index < -0.39 is 7.14 Å². The van der Waals surface area contributed by atoms with Gasteiger partial charge in [0.25, 0.3) is 0 Å². The van der Waals surface area contributed by atoms with E-state index >= 15 is 0 Å². The molecule has 0 aromatic carbocycles. The van der Waals surface area contributed by atoms with Crippen molar-refractivity contribution in [2.45, 2.75) is 98.5 Å². The Morgan fingerprint density at radius 1 is 1.12 bits per heavy atom. The SMILES string of the molecule is C=CC(=O)NC1CC(NC2NCC(Cl)C(NC3CCCCC3P(C)(C)=O)N2)C(OC)CC1O[C@@H](COC)CN(C)C. The predicted molar refractivity (Wildman–Crippen MR) is 165 cm³/mol. The summed E-state index contributed by atoms with van der Waals surface area (Å²) in [7, 11) is 5.13. The minimum Gasteiger partial charge on any atom is -0.382 e. The molecule has 238 valence electrons. The molecule has 3 aliphatic rings. The molecule has 13 heteroatoms. The first-order valence-corrected chi connectivity index (χ1v) is 18.0. The molecule has 0 aromatic heterocycles. The van der Waals surface area contributed by atoms with Crippen LogP contribution in [0.25, 0.3) is 0 Å². The Hall–Kier alpha value is -0.590. The van der Waals surface area contributed by atoms with Gasteiger partial charge < -0.3 is 29.0 Å². The molecule has 1 aliphatic heterocycles. The van der Waals surface area contributed by atoms with Crippen LogP contribution in [0.2, 0.25) is 0 Å². The van der Waals surface area contributed by atoms with Crippen molar-refractivity contribution in [2.75, 3.05) is 61.3 Å². The van der Waals surface area contributed by atoms with Crippen molar-refractivity contribution >= 4 is 24.7 Å². The van der Waals surface area contributed by atoms with Crippen molar-refractivity contribution < 1.29 is 23.6 Å². The highest BCUT2D eigenvalue weighted by Gasteiger charge is 2.42. The van der Waals surface area contributed by atoms with E-state index in [4.69, 9.17) is 25.8 Å². The second-order valence-corrected chi connectivity index (χ2v) is 16.5. The predicted octanol–water partition coefficient (Wildman–Crippen LogP) is 1.32. The average molecular weight is 621 g/mol. The van der Waals surface area contributed by atoms with Crippen LogP contribution in [0.5, 0.6) is 0 Å². The summed E-state index contributed by atoms with van der Waals surface area (Å²) >= 11 is 6.76. The molecule has 0 bridgehead atoms. The minimum atomic E-state index is -2.24. The van der Waals surface area contributed by atoms with Crippen LogP contribution in [0.3, 0.4) is 0 Å². The lowest BCUT2D eigenvalue weighted by atomic mass is 9.85. The van der Waals surface area contributed by atoms with E-state index in [1.807, 2.05) is 27.4 Å². The van der Waals surface area contributed by atoms with Gasteiger partial charge in [0.1, 0.15) is 6.29 Å². The molecule has 2 saturated carbocycles. The molecule has 41 heavy (non-hydrogen) atoms. The van der Waals surface area contributed by atoms with Crippen LogP contribution >= 0.6 is 18.7 Å². The quantitative estimate of drug-likeness (QED) is 0.110. The summed E-state index contributed by atoms with van der Waals surface area (Å²) in [6.45, 7) is 9.19. The lowest BCUT2D eigenvalue weighted by molar-refractivity contribution is -0.128. The molecule has 10 atom stereocenters. The first-order chi connectivity index (χ1) is 19.4. The van der Waals surface area contributed by atoms with E-state index in [9.17, 15) is 9.36 Å². The number of methoxy groups -OCH3 is 2. The number of rotatable bonds is 14. The van der Waals surface area contributed by atoms with Gasteiger partial charge in [-0.1, -0.05) is 19.4 Å². The molecule has 0 spiro atoms. The van der Waals surface area contributed by atoms with Crippen molar-refractivity contribution in [1.82, 2.24) is 31.5 Å². The maximum Gasteiger partial charge on any atom is 0.243 e. The van der Waals surface area contributed by atoms with Crippen molar-refractivity contribution in [1.29, 1.82) is 0 Å². The molecular formula is C28H54ClN6O5P. The van der Waals surface area contributed by atoms with E-state index in [1.165, 1.54) is 6.08 Å². The van der Waals surface area contributed by atoms with Gasteiger partial charge in [0, 0.05) is 51.5 Å². The number of hydrogen-bond acceptors (Lipinski definition) is 10. The molecule has 1 heterocycles. The van der Waals surface area contributed by atoms with Crippen LogP contribution in [-0.2, 0) is 23.6 Å². The first-order valence-electron chi connectivity index (χ1n) is 14.9. The monoisotopic (exact) mass is 620 g/mol. The fraction of sp³-hybridized carbons (Fsp3) is 0.893. The van der Waals surface area contributed by atoms with Gasteiger partial charge in [-0.05, 0) is 52.8 Å². The highest BCUT2D eigenvalue weighted by Crippen LogP contribution is 2.49. The van der Waals surface area contributed by atoms with E-state index in [0.29, 0.717) is 32.5 Å². The zero-order valence-electron chi connectivity index (χ0n) is 25.7. The molecule has 5 N–H and O–H groups in total. The lowest BCUT2D eigenvalue weighted by Crippen LogP contribution is -2.72. The number of nitrogens with zero attached hydrogens (tertiary/aromatic N) is 1. The molecule has 2 aliphatic carbocycles. The Morgan fingerprint density at radius 2 is 1.85 bits per heavy atom. The Bertz CT molecular complexity index is 881. The maximum absolute atomic E-state index is 13.0. The molecule has 3 fully saturated rings. The van der Waals surface area contributed by atoms with Crippen molar-refractivity contribution in [2.24, 2.45) is 0 Å². The van der Waals surface area contributed by atoms with Crippen LogP contribution in [0.15, 0.2) is 12.7 Å². The summed E-state index contributed by atoms with van der Waals surface area (Å²) in [5.74, 6) is -0.233. The second kappa shape index (κ2) is 16.5. The third-order valence-corrected chi connectivity index (χ3v) is 11.1. The highest BCUT2D eigenvalue weighted by molar-refractivity contribution is 7.63. The summed E-state index contributed by atoms with van der Waals surface area (Å²) < 4.78 is 30.9. The Labute approximate surface area is 251 Å². The smallest absolute Gasteiger partial charge is 0.243 e. The number of amides is 1. The van der Waals surface area contributed by atoms with Crippen LogP contribution < -0.4 is 26.6 Å². The lowest BCUT2D eigenvalue weighted by Gasteiger charge is -2.46. The van der Waals surface area contributed by atoms with E-state index in [0.717, 1.165) is 25.7 Å². The zero-order chi connectivity index (χ0) is 30.2. The number of nitrogens with one attached hydrogen (secondary N) is 5. The number of alkyl halides is 1. The van der Waals surface area contributed by atoms with Crippen molar-refractivity contribution in [3.05, 3.63) is 12.7 Å². The molecule has 0 aromatic rings. The van der Waals surface area contributed by atoms with Gasteiger partial charge in [-0.25, -0.2) is 0 Å². The second-order valence-electron chi connectivity index (χ2n) is 12.4. The maximum atomic E-state index is 13.0. The zero-order valence-corrected chi connectivity index (χ0v) is 27.4. The topological polar surface area (TPSA) is 125 Å². The van der Waals surface area contributed by atoms with Crippen LogP contribution in [0, 0.1) is 0 Å². The number of hydrogen-bond donors (Lipinski definition) is 5. The van der Waals surface area contributed by atoms with Gasteiger partial charge in [0.15, 0.2) is 0 Å². The Balaban J connectivity index is 1.69. The van der Waals surface area contributed by atoms with E-state index in [1.54, 1.807) is 14.2 Å². The molecule has 0 radical (unpaired) electrons. The van der Waals surface area contributed by atoms with Crippen molar-refractivity contribution in [3.8, 4) is 0 Å². The van der Waals surface area contributed by atoms with Gasteiger partial charge in [0.2, 0.25) is 5.91 Å². The number of halogens is 1. The summed E-state index contributed by atoms with van der Waals surface area (Å²) in [5.41, 5.74) is 0.167. The van der Waals surface area contributed by atoms with Crippen LogP contribution in [0.4, 0.5) is 0 Å². The Morgan fingerprint density at radius 3 is 2.49 bits per heavy atom. The molecule has 3 rings (SSSR count). The first kappa shape index (κ1) is 34.9. The van der Waals surface area contributed by atoms with Crippen molar-refractivity contribution in [3.63, 3.8) is 0 Å². The summed E-state index contributed by atoms with van der Waals surface area (Å²) in [4.78, 5) is 14.5. The summed E-state index contributed by atoms with van der Waals surface area (Å²) in [6, 6.07) is -0.145. The third-order valence-electron chi connectivity index (χ3n) is 8.50. The third kappa shape index (κ3) is 10.5. The van der Waals surface area contributed by atoms with Gasteiger partial charge in [-0.15, -0.1) is 11.6 Å². The summed E-state index contributed by atoms with van der Waals surface area (Å²) in [5, 5.41) is 17.4. The number of likely N-dealkylation sites (N-methyl/N-ethyl adjacent to an activating group) is 1. The van der Waals surface area contributed by atoms with Gasteiger partial charge in [-0.2, -0.15) is 0 Å². The standard InChI is InChI=1S/C28H54ClN6O5P/c1-8-26(36)31-22-13-21(23(39-5)14-24(22)40-18(17-38-4)16-35(2)3)33-28-30-15-19(29)27(34-28)32-20-11-9-10-12-25(20)41(6,7)37/h8,18-25,27-28,30,32-34H,1,9-17H2,2-7H3,(H,31,36)/t18-,19?,20?,21?,22?,23?,24?,25?,27?,28?/m1/s1. The van der Waals surface area contributed by atoms with Gasteiger partial charge in [0.05, 0.1) is 49.6 Å². The fourth-order valence-electron chi connectivity index (χ4n) is 6.54. The highest BCUT2D eigenvalue weighted by atomic mass is 35.5. The summed E-state index contributed by atoms with van der Waals surface area (Å²) in [6.07, 6.45) is 5.82. The minimum absolute atomic E-state index is 0.0730. The molecule has 1 amide bonds. The number of carbonyl (C=O) groups is 1. The van der Waals surface area contributed by atoms with E-state index in [2.05, 4.69) is 38.1 Å². The van der Waals surface area contributed by atoms with Crippen LogP contribution in [-0.4, -0.2) is 132 Å². The van der Waals surface area contributed by atoms with E-state index in [-0.39, 0.29) is 65.8 Å². The average Bonchev–Trinajstić information content (AvgIpc) is 2.91. The van der Waals surface area contributed by atoms with Gasteiger partial charge in [-0.3, -0.25) is 26.1 Å². The molecule has 9 unspecified atom stereocenters. The number of ether oxygens (including phenoxy) is 3. The van der Waals surface area contributed by atoms with Crippen LogP contribution in [0.1, 0.15) is 38.5 Å². The van der Waals surface area contributed by atoms with Gasteiger partial charge >= 0.3 is 0 Å².